The van der Waals surface area contributed by atoms with Crippen LogP contribution in [0, 0.1) is 45.3 Å². The molecule has 0 radical (unpaired) electrons. The zero-order valence-corrected chi connectivity index (χ0v) is 52.4. The first-order valence-electron chi connectivity index (χ1n) is 29.2. The standard InChI is InChI=1S/C73H81N5O5S/c1-70(2,3)33-37-80-52-41-49(42-53(45-52)81-38-34-71(4,5)6)68-64-29-25-60(74-64)58(23-17-48-15-18-51(19-16-48)78(13)14)61-26-30-65(75-61)69(50-43-54(82-39-35-72(7,8)9)46-55(44-50)83-40-36-73(10,11)12)67-32-28-63(77-67)59(62-27-31-66(68)76-62)24-22-56-20-21-57(47-79)84-56/h15-16,18-21,25-32,41-47,74,77H,33-40H2,1-14H3. The largest absolute Gasteiger partial charge is 0.493 e. The van der Waals surface area contributed by atoms with Gasteiger partial charge in [0.15, 0.2) is 6.29 Å². The van der Waals surface area contributed by atoms with Crippen LogP contribution in [-0.4, -0.2) is 66.7 Å². The first-order chi connectivity index (χ1) is 39.8. The lowest BCUT2D eigenvalue weighted by molar-refractivity contribution is 0.112. The summed E-state index contributed by atoms with van der Waals surface area (Å²) in [5, 5.41) is 0. The molecule has 434 valence electrons. The lowest BCUT2D eigenvalue weighted by Gasteiger charge is -2.20. The third-order valence-electron chi connectivity index (χ3n) is 14.3. The Labute approximate surface area is 501 Å². The predicted octanol–water partition coefficient (Wildman–Crippen LogP) is 18.0. The average molecular weight is 1140 g/mol. The average Bonchev–Trinajstić information content (AvgIpc) is 4.41. The van der Waals surface area contributed by atoms with Crippen LogP contribution in [0.2, 0.25) is 0 Å². The molecule has 0 atom stereocenters. The summed E-state index contributed by atoms with van der Waals surface area (Å²) in [6.07, 6.45) is 12.5. The minimum atomic E-state index is 0.0780. The third-order valence-corrected chi connectivity index (χ3v) is 15.3. The van der Waals surface area contributed by atoms with Gasteiger partial charge in [0, 0.05) is 59.6 Å². The molecule has 10 nitrogen and oxygen atoms in total. The van der Waals surface area contributed by atoms with Gasteiger partial charge in [0.25, 0.3) is 0 Å². The molecule has 0 saturated heterocycles. The number of fused-ring (bicyclic) bond motifs is 8. The molecule has 4 aromatic heterocycles. The van der Waals surface area contributed by atoms with Crippen LogP contribution in [0.25, 0.3) is 68.6 Å². The van der Waals surface area contributed by atoms with Gasteiger partial charge in [-0.1, -0.05) is 107 Å². The van der Waals surface area contributed by atoms with Crippen LogP contribution in [0.1, 0.15) is 163 Å². The van der Waals surface area contributed by atoms with Gasteiger partial charge < -0.3 is 33.8 Å². The van der Waals surface area contributed by atoms with E-state index >= 15 is 0 Å². The van der Waals surface area contributed by atoms with Gasteiger partial charge >= 0.3 is 0 Å². The summed E-state index contributed by atoms with van der Waals surface area (Å²) in [6.45, 7) is 28.8. The van der Waals surface area contributed by atoms with Gasteiger partial charge in [0.05, 0.1) is 81.1 Å². The number of aromatic amines is 2. The van der Waals surface area contributed by atoms with E-state index in [1.54, 1.807) is 6.07 Å². The number of nitrogens with one attached hydrogen (secondary N) is 2. The fourth-order valence-electron chi connectivity index (χ4n) is 9.33. The van der Waals surface area contributed by atoms with Crippen molar-refractivity contribution < 1.29 is 23.7 Å². The molecule has 2 N–H and O–H groups in total. The highest BCUT2D eigenvalue weighted by atomic mass is 32.1. The van der Waals surface area contributed by atoms with Crippen LogP contribution < -0.4 is 23.8 Å². The van der Waals surface area contributed by atoms with E-state index in [4.69, 9.17) is 28.9 Å². The summed E-state index contributed by atoms with van der Waals surface area (Å²) in [7, 11) is 4.07. The van der Waals surface area contributed by atoms with Crippen LogP contribution in [0.5, 0.6) is 23.0 Å². The summed E-state index contributed by atoms with van der Waals surface area (Å²) in [5.41, 5.74) is 12.9. The molecule has 0 spiro atoms. The number of anilines is 1. The van der Waals surface area contributed by atoms with Gasteiger partial charge in [-0.3, -0.25) is 4.79 Å². The Balaban J connectivity index is 1.36. The number of H-pyrrole nitrogens is 2. The Bertz CT molecular complexity index is 3750. The number of nitrogens with zero attached hydrogens (tertiary/aromatic N) is 3. The molecule has 3 aromatic carbocycles. The minimum absolute atomic E-state index is 0.0780. The zero-order chi connectivity index (χ0) is 60.0. The van der Waals surface area contributed by atoms with Crippen LogP contribution in [0.4, 0.5) is 5.69 Å². The second kappa shape index (κ2) is 25.3. The fourth-order valence-corrected chi connectivity index (χ4v) is 10.0. The first kappa shape index (κ1) is 60.3. The van der Waals surface area contributed by atoms with Crippen molar-refractivity contribution in [2.24, 2.45) is 21.7 Å². The molecule has 7 aromatic rings. The monoisotopic (exact) mass is 1140 g/mol. The van der Waals surface area contributed by atoms with E-state index in [0.29, 0.717) is 82.5 Å². The number of benzene rings is 3. The van der Waals surface area contributed by atoms with E-state index in [-0.39, 0.29) is 21.7 Å². The SMILES string of the molecule is CN(C)c1ccc(C#Cc2c3nc(c(-c4cc(OCCC(C)(C)C)cc(OCCC(C)(C)C)c4)c4ccc([nH]4)c(C#Cc4ccc(C=O)s4)c4nc(c(-c5cc(OCCC(C)(C)C)cc(OCCC(C)(C)C)c5)c5ccc2[nH]5)C=C4)C=C3)cc1. The Hall–Kier alpha value is -8.25. The Morgan fingerprint density at radius 2 is 0.845 bits per heavy atom. The van der Waals surface area contributed by atoms with Crippen molar-refractivity contribution >= 4 is 69.7 Å². The molecular formula is C73H81N5O5S. The van der Waals surface area contributed by atoms with Crippen molar-refractivity contribution in [1.29, 1.82) is 0 Å². The predicted molar refractivity (Wildman–Crippen MR) is 350 cm³/mol. The lowest BCUT2D eigenvalue weighted by Crippen LogP contribution is -2.12. The normalized spacial score (nSPS) is 12.3. The van der Waals surface area contributed by atoms with Crippen molar-refractivity contribution in [3.63, 3.8) is 0 Å². The Morgan fingerprint density at radius 3 is 1.21 bits per heavy atom. The highest BCUT2D eigenvalue weighted by molar-refractivity contribution is 7.14. The summed E-state index contributed by atoms with van der Waals surface area (Å²) < 4.78 is 26.4. The van der Waals surface area contributed by atoms with Gasteiger partial charge in [-0.05, 0) is 168 Å². The molecule has 0 amide bonds. The van der Waals surface area contributed by atoms with Crippen molar-refractivity contribution in [2.75, 3.05) is 45.4 Å². The summed E-state index contributed by atoms with van der Waals surface area (Å²) in [5.74, 6) is 16.8. The smallest absolute Gasteiger partial charge is 0.160 e. The maximum absolute atomic E-state index is 11.9. The van der Waals surface area contributed by atoms with Crippen molar-refractivity contribution in [1.82, 2.24) is 19.9 Å². The number of thiophene rings is 1. The molecule has 2 aliphatic heterocycles. The van der Waals surface area contributed by atoms with Crippen molar-refractivity contribution in [2.45, 2.75) is 109 Å². The van der Waals surface area contributed by atoms with E-state index in [1.807, 2.05) is 50.5 Å². The van der Waals surface area contributed by atoms with Crippen molar-refractivity contribution in [3.8, 4) is 68.9 Å². The van der Waals surface area contributed by atoms with E-state index < -0.39 is 0 Å². The Kier molecular flexibility index (Phi) is 18.2. The number of aldehydes is 1. The van der Waals surface area contributed by atoms with Gasteiger partial charge in [-0.15, -0.1) is 11.3 Å². The van der Waals surface area contributed by atoms with Gasteiger partial charge in [-0.25, -0.2) is 9.97 Å². The molecular weight excluding hydrogens is 1060 g/mol. The fraction of sp³-hybridized carbons (Fsp3) is 0.356. The number of hydrogen-bond donors (Lipinski definition) is 2. The van der Waals surface area contributed by atoms with Gasteiger partial charge in [0.1, 0.15) is 23.0 Å². The van der Waals surface area contributed by atoms with E-state index in [0.717, 1.165) is 98.1 Å². The first-order valence-corrected chi connectivity index (χ1v) is 30.0. The molecule has 2 aliphatic rings. The van der Waals surface area contributed by atoms with Crippen LogP contribution in [0.3, 0.4) is 0 Å². The molecule has 6 heterocycles. The minimum Gasteiger partial charge on any atom is -0.493 e. The van der Waals surface area contributed by atoms with Crippen LogP contribution >= 0.6 is 11.3 Å². The molecule has 0 fully saturated rings. The summed E-state index contributed by atoms with van der Waals surface area (Å²) in [6, 6.07) is 32.6. The van der Waals surface area contributed by atoms with Gasteiger partial charge in [0.2, 0.25) is 0 Å². The molecule has 0 saturated carbocycles. The highest BCUT2D eigenvalue weighted by Gasteiger charge is 2.22. The molecule has 8 bridgehead atoms. The summed E-state index contributed by atoms with van der Waals surface area (Å²) in [4.78, 5) is 34.0. The highest BCUT2D eigenvalue weighted by Crippen LogP contribution is 2.40. The number of aromatic nitrogens is 4. The van der Waals surface area contributed by atoms with Crippen molar-refractivity contribution in [3.05, 3.63) is 146 Å². The number of carbonyl (C=O) groups excluding carboxylic acids is 1. The maximum atomic E-state index is 11.9. The zero-order valence-electron chi connectivity index (χ0n) is 51.6. The number of rotatable bonds is 16. The molecule has 11 heteroatoms. The molecule has 0 aliphatic carbocycles. The lowest BCUT2D eigenvalue weighted by atomic mass is 9.93. The number of carbonyl (C=O) groups is 1. The summed E-state index contributed by atoms with van der Waals surface area (Å²) >= 11 is 1.35. The molecule has 9 rings (SSSR count). The van der Waals surface area contributed by atoms with Crippen LogP contribution in [0.15, 0.2) is 97.1 Å². The Morgan fingerprint density at radius 1 is 0.464 bits per heavy atom. The maximum Gasteiger partial charge on any atom is 0.160 e. The molecule has 0 unspecified atom stereocenters. The van der Waals surface area contributed by atoms with E-state index in [9.17, 15) is 4.79 Å². The van der Waals surface area contributed by atoms with E-state index in [2.05, 4.69) is 201 Å². The second-order valence-corrected chi connectivity index (χ2v) is 27.9. The van der Waals surface area contributed by atoms with E-state index in [1.165, 1.54) is 11.3 Å². The quantitative estimate of drug-likeness (QED) is 0.0726. The molecule has 84 heavy (non-hydrogen) atoms. The third kappa shape index (κ3) is 16.3. The van der Waals surface area contributed by atoms with Crippen LogP contribution in [-0.2, 0) is 0 Å². The topological polar surface area (TPSA) is 115 Å². The number of hydrogen-bond acceptors (Lipinski definition) is 9. The number of ether oxygens (including phenoxy) is 4. The second-order valence-electron chi connectivity index (χ2n) is 26.8. The van der Waals surface area contributed by atoms with Gasteiger partial charge in [-0.2, -0.15) is 0 Å².